The molecule has 1 saturated heterocycles. The van der Waals surface area contributed by atoms with Crippen molar-refractivity contribution >= 4 is 16.1 Å². The SMILES string of the molecule is O=[S+]([O-])(c1ccccc1)N1CCCC2(CC(c3ccccn3)=NO2)C1. The number of hydrogen-bond acceptors (Lipinski definition) is 5. The molecule has 3 heterocycles. The predicted molar refractivity (Wildman–Crippen MR) is 93.6 cm³/mol. The number of pyridine rings is 1. The fourth-order valence-electron chi connectivity index (χ4n) is 3.42. The molecule has 0 aliphatic carbocycles. The van der Waals surface area contributed by atoms with Crippen LogP contribution < -0.4 is 0 Å². The molecule has 2 aliphatic heterocycles. The van der Waals surface area contributed by atoms with E-state index in [1.54, 1.807) is 30.5 Å². The van der Waals surface area contributed by atoms with Gasteiger partial charge in [0.2, 0.25) is 0 Å². The molecule has 0 radical (unpaired) electrons. The van der Waals surface area contributed by atoms with Gasteiger partial charge >= 0.3 is 0 Å². The van der Waals surface area contributed by atoms with E-state index in [2.05, 4.69) is 10.1 Å². The normalized spacial score (nSPS) is 26.0. The summed E-state index contributed by atoms with van der Waals surface area (Å²) in [6, 6.07) is 14.2. The topological polar surface area (TPSA) is 77.9 Å². The molecule has 2 aliphatic rings. The molecule has 0 amide bonds. The highest BCUT2D eigenvalue weighted by Gasteiger charge is 2.48. The number of benzene rings is 1. The van der Waals surface area contributed by atoms with E-state index >= 15 is 0 Å². The molecule has 1 spiro atoms. The third-order valence-electron chi connectivity index (χ3n) is 4.69. The summed E-state index contributed by atoms with van der Waals surface area (Å²) in [5.74, 6) is 0. The molecule has 7 heteroatoms. The third kappa shape index (κ3) is 3.10. The summed E-state index contributed by atoms with van der Waals surface area (Å²) in [6.45, 7) is 0.811. The van der Waals surface area contributed by atoms with E-state index in [0.29, 0.717) is 24.4 Å². The van der Waals surface area contributed by atoms with Crippen molar-refractivity contribution in [3.05, 3.63) is 60.4 Å². The van der Waals surface area contributed by atoms with Crippen molar-refractivity contribution in [1.29, 1.82) is 0 Å². The van der Waals surface area contributed by atoms with Gasteiger partial charge in [0.25, 0.3) is 0 Å². The van der Waals surface area contributed by atoms with Crippen molar-refractivity contribution in [2.75, 3.05) is 13.1 Å². The summed E-state index contributed by atoms with van der Waals surface area (Å²) >= 11 is 0. The van der Waals surface area contributed by atoms with E-state index < -0.39 is 16.0 Å². The van der Waals surface area contributed by atoms with Gasteiger partial charge in [-0.25, -0.2) is 0 Å². The van der Waals surface area contributed by atoms with E-state index in [4.69, 9.17) is 4.84 Å². The zero-order valence-corrected chi connectivity index (χ0v) is 14.5. The largest absolute Gasteiger partial charge is 0.593 e. The first-order valence-corrected chi connectivity index (χ1v) is 9.75. The summed E-state index contributed by atoms with van der Waals surface area (Å²) in [4.78, 5) is 10.4. The zero-order chi connectivity index (χ0) is 17.3. The van der Waals surface area contributed by atoms with Crippen LogP contribution in [-0.2, 0) is 19.4 Å². The Balaban J connectivity index is 1.54. The first-order valence-electron chi connectivity index (χ1n) is 8.31. The third-order valence-corrected chi connectivity index (χ3v) is 6.54. The summed E-state index contributed by atoms with van der Waals surface area (Å²) in [5, 5.41) is 4.20. The van der Waals surface area contributed by atoms with Crippen LogP contribution in [0.25, 0.3) is 0 Å². The lowest BCUT2D eigenvalue weighted by Crippen LogP contribution is -2.52. The minimum Gasteiger partial charge on any atom is -0.593 e. The fourth-order valence-corrected chi connectivity index (χ4v) is 4.99. The molecule has 0 N–H and O–H groups in total. The minimum atomic E-state index is -3.52. The molecule has 1 aromatic carbocycles. The van der Waals surface area contributed by atoms with Gasteiger partial charge in [-0.15, -0.1) is 4.31 Å². The van der Waals surface area contributed by atoms with Crippen LogP contribution >= 0.6 is 0 Å². The molecule has 130 valence electrons. The second kappa shape index (κ2) is 6.33. The number of piperidine rings is 1. The molecular formula is C18H19N3O3S. The lowest BCUT2D eigenvalue weighted by Gasteiger charge is -2.38. The highest BCUT2D eigenvalue weighted by molar-refractivity contribution is 7.95. The van der Waals surface area contributed by atoms with Gasteiger partial charge in [0, 0.05) is 19.2 Å². The van der Waals surface area contributed by atoms with E-state index in [-0.39, 0.29) is 0 Å². The van der Waals surface area contributed by atoms with E-state index in [1.807, 2.05) is 24.3 Å². The van der Waals surface area contributed by atoms with Crippen molar-refractivity contribution in [2.24, 2.45) is 5.16 Å². The molecule has 1 aromatic heterocycles. The molecule has 25 heavy (non-hydrogen) atoms. The van der Waals surface area contributed by atoms with Crippen LogP contribution in [0.1, 0.15) is 25.0 Å². The predicted octanol–water partition coefficient (Wildman–Crippen LogP) is 2.64. The Labute approximate surface area is 147 Å². The van der Waals surface area contributed by atoms with E-state index in [1.165, 1.54) is 4.31 Å². The Bertz CT molecular complexity index is 828. The van der Waals surface area contributed by atoms with Gasteiger partial charge in [-0.05, 0) is 37.1 Å². The van der Waals surface area contributed by atoms with Crippen molar-refractivity contribution in [3.8, 4) is 0 Å². The Morgan fingerprint density at radius 3 is 2.72 bits per heavy atom. The van der Waals surface area contributed by atoms with Crippen LogP contribution in [0.4, 0.5) is 0 Å². The zero-order valence-electron chi connectivity index (χ0n) is 13.7. The lowest BCUT2D eigenvalue weighted by atomic mass is 9.88. The fraction of sp³-hybridized carbons (Fsp3) is 0.333. The van der Waals surface area contributed by atoms with E-state index in [9.17, 15) is 8.76 Å². The Morgan fingerprint density at radius 1 is 1.16 bits per heavy atom. The monoisotopic (exact) mass is 357 g/mol. The quantitative estimate of drug-likeness (QED) is 0.791. The van der Waals surface area contributed by atoms with Crippen LogP contribution in [0.3, 0.4) is 0 Å². The molecule has 1 fully saturated rings. The van der Waals surface area contributed by atoms with Crippen molar-refractivity contribution in [3.63, 3.8) is 0 Å². The average molecular weight is 357 g/mol. The van der Waals surface area contributed by atoms with Crippen molar-refractivity contribution < 1.29 is 13.6 Å². The van der Waals surface area contributed by atoms with Gasteiger partial charge in [-0.3, -0.25) is 4.98 Å². The summed E-state index contributed by atoms with van der Waals surface area (Å²) < 4.78 is 27.3. The van der Waals surface area contributed by atoms with Crippen molar-refractivity contribution in [1.82, 2.24) is 9.29 Å². The lowest BCUT2D eigenvalue weighted by molar-refractivity contribution is -0.0533. The Morgan fingerprint density at radius 2 is 1.96 bits per heavy atom. The number of sulfonamides is 1. The molecule has 2 aromatic rings. The second-order valence-electron chi connectivity index (χ2n) is 6.46. The standard InChI is InChI=1S/C18H19N3O3S/c22-25(23,15-7-2-1-3-8-15)21-12-6-10-18(14-21)13-17(20-24-18)16-9-4-5-11-19-16/h1-5,7-9,11H,6,10,12-14H2. The molecule has 0 bridgehead atoms. The molecule has 2 atom stereocenters. The molecular weight excluding hydrogens is 338 g/mol. The molecule has 4 rings (SSSR count). The van der Waals surface area contributed by atoms with Crippen LogP contribution in [0.2, 0.25) is 0 Å². The molecule has 6 nitrogen and oxygen atoms in total. The number of nitrogens with zero attached hydrogens (tertiary/aromatic N) is 3. The van der Waals surface area contributed by atoms with Crippen LogP contribution in [-0.4, -0.2) is 38.2 Å². The Kier molecular flexibility index (Phi) is 4.15. The number of oxime groups is 1. The maximum atomic E-state index is 12.9. The van der Waals surface area contributed by atoms with Crippen LogP contribution in [0.15, 0.2) is 64.8 Å². The smallest absolute Gasteiger partial charge is 0.175 e. The molecule has 2 unspecified atom stereocenters. The van der Waals surface area contributed by atoms with Gasteiger partial charge in [0.05, 0.1) is 12.2 Å². The maximum Gasteiger partial charge on any atom is 0.175 e. The maximum absolute atomic E-state index is 12.9. The number of aromatic nitrogens is 1. The van der Waals surface area contributed by atoms with Crippen LogP contribution in [0, 0.1) is 0 Å². The summed E-state index contributed by atoms with van der Waals surface area (Å²) in [7, 11) is -3.52. The van der Waals surface area contributed by atoms with Gasteiger partial charge < -0.3 is 9.39 Å². The first-order chi connectivity index (χ1) is 12.1. The van der Waals surface area contributed by atoms with Crippen molar-refractivity contribution in [2.45, 2.75) is 29.8 Å². The van der Waals surface area contributed by atoms with E-state index in [0.717, 1.165) is 24.2 Å². The highest BCUT2D eigenvalue weighted by atomic mass is 32.3. The van der Waals surface area contributed by atoms with Gasteiger partial charge in [-0.1, -0.05) is 33.6 Å². The highest BCUT2D eigenvalue weighted by Crippen LogP contribution is 2.37. The number of hydrogen-bond donors (Lipinski definition) is 0. The average Bonchev–Trinajstić information content (AvgIpc) is 3.06. The number of rotatable bonds is 3. The van der Waals surface area contributed by atoms with Gasteiger partial charge in [0.1, 0.15) is 5.71 Å². The minimum absolute atomic E-state index is 0.310. The van der Waals surface area contributed by atoms with Gasteiger partial charge in [0.15, 0.2) is 20.9 Å². The molecule has 0 saturated carbocycles. The van der Waals surface area contributed by atoms with Gasteiger partial charge in [-0.2, -0.15) is 0 Å². The summed E-state index contributed by atoms with van der Waals surface area (Å²) in [5.41, 5.74) is 0.967. The summed E-state index contributed by atoms with van der Waals surface area (Å²) in [6.07, 6.45) is 3.82. The second-order valence-corrected chi connectivity index (χ2v) is 8.40. The van der Waals surface area contributed by atoms with Crippen LogP contribution in [0.5, 0.6) is 0 Å². The first kappa shape index (κ1) is 16.4. The Hall–Kier alpha value is -2.09.